The van der Waals surface area contributed by atoms with Crippen LogP contribution in [0.3, 0.4) is 0 Å². The SMILES string of the molecule is Cc1cc(N=C=O)c(F)cc1C#N. The number of nitrogens with zero attached hydrogens (tertiary/aromatic N) is 2. The van der Waals surface area contributed by atoms with E-state index in [-0.39, 0.29) is 11.3 Å². The predicted molar refractivity (Wildman–Crippen MR) is 43.6 cm³/mol. The summed E-state index contributed by atoms with van der Waals surface area (Å²) in [5, 5.41) is 8.54. The first kappa shape index (κ1) is 9.11. The van der Waals surface area contributed by atoms with E-state index in [2.05, 4.69) is 4.99 Å². The summed E-state index contributed by atoms with van der Waals surface area (Å²) in [5.74, 6) is -0.689. The summed E-state index contributed by atoms with van der Waals surface area (Å²) in [7, 11) is 0. The maximum atomic E-state index is 13.0. The van der Waals surface area contributed by atoms with Gasteiger partial charge in [-0.05, 0) is 24.6 Å². The van der Waals surface area contributed by atoms with Crippen LogP contribution in [0.15, 0.2) is 17.1 Å². The lowest BCUT2D eigenvalue weighted by molar-refractivity contribution is 0.564. The molecule has 64 valence electrons. The van der Waals surface area contributed by atoms with Crippen LogP contribution in [0.5, 0.6) is 0 Å². The summed E-state index contributed by atoms with van der Waals surface area (Å²) in [6.45, 7) is 1.64. The highest BCUT2D eigenvalue weighted by Crippen LogP contribution is 2.21. The second kappa shape index (κ2) is 3.61. The first-order valence-electron chi connectivity index (χ1n) is 3.47. The molecule has 3 nitrogen and oxygen atoms in total. The molecule has 0 aliphatic rings. The van der Waals surface area contributed by atoms with E-state index in [0.717, 1.165) is 6.07 Å². The molecule has 0 saturated heterocycles. The fraction of sp³-hybridized carbons (Fsp3) is 0.111. The molecule has 0 heterocycles. The Balaban J connectivity index is 3.38. The molecule has 4 heteroatoms. The van der Waals surface area contributed by atoms with Gasteiger partial charge in [0, 0.05) is 0 Å². The molecule has 0 atom stereocenters. The second-order valence-electron chi connectivity index (χ2n) is 2.43. The Hall–Kier alpha value is -1.98. The van der Waals surface area contributed by atoms with Crippen molar-refractivity contribution in [3.63, 3.8) is 0 Å². The van der Waals surface area contributed by atoms with E-state index in [9.17, 15) is 9.18 Å². The van der Waals surface area contributed by atoms with Crippen LogP contribution in [-0.4, -0.2) is 6.08 Å². The van der Waals surface area contributed by atoms with Gasteiger partial charge in [0.2, 0.25) is 6.08 Å². The zero-order chi connectivity index (χ0) is 9.84. The standard InChI is InChI=1S/C9H5FN2O/c1-6-2-9(12-5-13)8(10)3-7(6)4-11/h2-3H,1H3. The molecule has 0 fully saturated rings. The Morgan fingerprint density at radius 2 is 2.23 bits per heavy atom. The summed E-state index contributed by atoms with van der Waals surface area (Å²) in [4.78, 5) is 13.0. The molecule has 0 saturated carbocycles. The van der Waals surface area contributed by atoms with Crippen molar-refractivity contribution < 1.29 is 9.18 Å². The molecule has 0 unspecified atom stereocenters. The number of nitriles is 1. The van der Waals surface area contributed by atoms with Gasteiger partial charge in [-0.25, -0.2) is 9.18 Å². The third-order valence-electron chi connectivity index (χ3n) is 1.58. The highest BCUT2D eigenvalue weighted by atomic mass is 19.1. The minimum atomic E-state index is -0.689. The first-order valence-corrected chi connectivity index (χ1v) is 3.47. The predicted octanol–water partition coefficient (Wildman–Crippen LogP) is 1.97. The maximum Gasteiger partial charge on any atom is 0.240 e. The topological polar surface area (TPSA) is 53.2 Å². The molecule has 0 spiro atoms. The number of aryl methyl sites for hydroxylation is 1. The van der Waals surface area contributed by atoms with Crippen molar-refractivity contribution in [2.45, 2.75) is 6.92 Å². The molecular weight excluding hydrogens is 171 g/mol. The van der Waals surface area contributed by atoms with Crippen molar-refractivity contribution in [3.05, 3.63) is 29.1 Å². The Morgan fingerprint density at radius 1 is 1.54 bits per heavy atom. The molecule has 0 bridgehead atoms. The minimum Gasteiger partial charge on any atom is -0.211 e. The van der Waals surface area contributed by atoms with Gasteiger partial charge in [-0.15, -0.1) is 0 Å². The van der Waals surface area contributed by atoms with Crippen LogP contribution < -0.4 is 0 Å². The summed E-state index contributed by atoms with van der Waals surface area (Å²) < 4.78 is 13.0. The van der Waals surface area contributed by atoms with E-state index in [0.29, 0.717) is 5.56 Å². The van der Waals surface area contributed by atoms with Crippen LogP contribution in [0.25, 0.3) is 0 Å². The van der Waals surface area contributed by atoms with Crippen molar-refractivity contribution in [3.8, 4) is 6.07 Å². The van der Waals surface area contributed by atoms with E-state index >= 15 is 0 Å². The van der Waals surface area contributed by atoms with Crippen molar-refractivity contribution in [2.75, 3.05) is 0 Å². The number of halogens is 1. The quantitative estimate of drug-likeness (QED) is 0.485. The van der Waals surface area contributed by atoms with Gasteiger partial charge in [0.1, 0.15) is 5.69 Å². The summed E-state index contributed by atoms with van der Waals surface area (Å²) in [6, 6.07) is 4.20. The van der Waals surface area contributed by atoms with Crippen molar-refractivity contribution in [1.29, 1.82) is 5.26 Å². The lowest BCUT2D eigenvalue weighted by Gasteiger charge is -1.98. The van der Waals surface area contributed by atoms with Crippen LogP contribution in [0.4, 0.5) is 10.1 Å². The number of hydrogen-bond acceptors (Lipinski definition) is 3. The highest BCUT2D eigenvalue weighted by molar-refractivity contribution is 5.54. The lowest BCUT2D eigenvalue weighted by atomic mass is 10.1. The van der Waals surface area contributed by atoms with Crippen molar-refractivity contribution in [2.24, 2.45) is 4.99 Å². The zero-order valence-electron chi connectivity index (χ0n) is 6.84. The Bertz CT molecular complexity index is 428. The third kappa shape index (κ3) is 1.78. The monoisotopic (exact) mass is 176 g/mol. The summed E-state index contributed by atoms with van der Waals surface area (Å²) in [5.41, 5.74) is 0.728. The van der Waals surface area contributed by atoms with Gasteiger partial charge in [0.15, 0.2) is 5.82 Å². The van der Waals surface area contributed by atoms with Crippen LogP contribution in [0.1, 0.15) is 11.1 Å². The Kier molecular flexibility index (Phi) is 2.53. The molecule has 0 radical (unpaired) electrons. The van der Waals surface area contributed by atoms with Gasteiger partial charge in [-0.1, -0.05) is 0 Å². The summed E-state index contributed by atoms with van der Waals surface area (Å²) >= 11 is 0. The number of aliphatic imine (C=N–C) groups is 1. The lowest BCUT2D eigenvalue weighted by Crippen LogP contribution is -1.85. The Morgan fingerprint density at radius 3 is 2.77 bits per heavy atom. The van der Waals surface area contributed by atoms with Crippen LogP contribution >= 0.6 is 0 Å². The molecule has 0 aromatic heterocycles. The van der Waals surface area contributed by atoms with Crippen LogP contribution in [-0.2, 0) is 4.79 Å². The molecule has 0 N–H and O–H groups in total. The molecule has 1 aromatic carbocycles. The number of isocyanates is 1. The van der Waals surface area contributed by atoms with Crippen molar-refractivity contribution in [1.82, 2.24) is 0 Å². The molecule has 0 aliphatic heterocycles. The van der Waals surface area contributed by atoms with Crippen LogP contribution in [0.2, 0.25) is 0 Å². The third-order valence-corrected chi connectivity index (χ3v) is 1.58. The van der Waals surface area contributed by atoms with E-state index in [1.165, 1.54) is 12.1 Å². The fourth-order valence-electron chi connectivity index (χ4n) is 0.922. The average Bonchev–Trinajstić information content (AvgIpc) is 2.11. The molecular formula is C9H5FN2O. The minimum absolute atomic E-state index is 0.0912. The van der Waals surface area contributed by atoms with E-state index in [1.807, 2.05) is 6.07 Å². The average molecular weight is 176 g/mol. The zero-order valence-corrected chi connectivity index (χ0v) is 6.84. The van der Waals surface area contributed by atoms with Gasteiger partial charge in [-0.3, -0.25) is 0 Å². The molecule has 1 rings (SSSR count). The second-order valence-corrected chi connectivity index (χ2v) is 2.43. The van der Waals surface area contributed by atoms with Gasteiger partial charge < -0.3 is 0 Å². The number of hydrogen-bond donors (Lipinski definition) is 0. The summed E-state index contributed by atoms with van der Waals surface area (Å²) in [6.07, 6.45) is 1.24. The van der Waals surface area contributed by atoms with Crippen LogP contribution in [0, 0.1) is 24.1 Å². The highest BCUT2D eigenvalue weighted by Gasteiger charge is 2.05. The molecule has 0 amide bonds. The largest absolute Gasteiger partial charge is 0.240 e. The van der Waals surface area contributed by atoms with Gasteiger partial charge >= 0.3 is 0 Å². The van der Waals surface area contributed by atoms with Crippen molar-refractivity contribution >= 4 is 11.8 Å². The maximum absolute atomic E-state index is 13.0. The van der Waals surface area contributed by atoms with Gasteiger partial charge in [0.05, 0.1) is 11.6 Å². The number of rotatable bonds is 1. The van der Waals surface area contributed by atoms with E-state index in [1.54, 1.807) is 6.92 Å². The molecule has 1 aromatic rings. The smallest absolute Gasteiger partial charge is 0.211 e. The van der Waals surface area contributed by atoms with Gasteiger partial charge in [-0.2, -0.15) is 10.3 Å². The number of carbonyl (C=O) groups excluding carboxylic acids is 1. The molecule has 0 aliphatic carbocycles. The van der Waals surface area contributed by atoms with E-state index < -0.39 is 5.82 Å². The normalized spacial score (nSPS) is 8.69. The molecule has 13 heavy (non-hydrogen) atoms. The Labute approximate surface area is 74.1 Å². The van der Waals surface area contributed by atoms with E-state index in [4.69, 9.17) is 5.26 Å². The van der Waals surface area contributed by atoms with Gasteiger partial charge in [0.25, 0.3) is 0 Å². The number of benzene rings is 1. The fourth-order valence-corrected chi connectivity index (χ4v) is 0.922. The first-order chi connectivity index (χ1) is 6.19.